The first-order valence-electron chi connectivity index (χ1n) is 6.54. The molecule has 3 N–H and O–H groups in total. The molecule has 0 amide bonds. The van der Waals surface area contributed by atoms with Crippen LogP contribution in [0.4, 0.5) is 4.39 Å². The van der Waals surface area contributed by atoms with Gasteiger partial charge in [-0.15, -0.1) is 0 Å². The molecule has 2 aromatic rings. The third-order valence-corrected chi connectivity index (χ3v) is 3.80. The van der Waals surface area contributed by atoms with Crippen LogP contribution in [0.1, 0.15) is 16.7 Å². The molecule has 0 fully saturated rings. The molecule has 0 saturated heterocycles. The molecular formula is C16H18ClFN2. The van der Waals surface area contributed by atoms with Crippen molar-refractivity contribution in [3.63, 3.8) is 0 Å². The average molecular weight is 293 g/mol. The number of halogens is 2. The van der Waals surface area contributed by atoms with Crippen LogP contribution in [0.3, 0.4) is 0 Å². The van der Waals surface area contributed by atoms with E-state index in [0.29, 0.717) is 0 Å². The smallest absolute Gasteiger partial charge is 0.123 e. The molecule has 0 aliphatic heterocycles. The molecule has 106 valence electrons. The summed E-state index contributed by atoms with van der Waals surface area (Å²) in [4.78, 5) is 0. The number of nitrogens with two attached hydrogens (primary N) is 1. The Morgan fingerprint density at radius 3 is 2.50 bits per heavy atom. The van der Waals surface area contributed by atoms with E-state index in [1.807, 2.05) is 37.3 Å². The molecule has 2 aromatic carbocycles. The molecule has 2 nitrogen and oxygen atoms in total. The second-order valence-corrected chi connectivity index (χ2v) is 5.34. The van der Waals surface area contributed by atoms with E-state index in [1.54, 1.807) is 6.07 Å². The van der Waals surface area contributed by atoms with Gasteiger partial charge in [-0.1, -0.05) is 35.9 Å². The number of hydrogen-bond acceptors (Lipinski definition) is 2. The molecule has 0 radical (unpaired) electrons. The predicted octanol–water partition coefficient (Wildman–Crippen LogP) is 3.40. The van der Waals surface area contributed by atoms with Gasteiger partial charge in [-0.05, 0) is 54.7 Å². The van der Waals surface area contributed by atoms with Gasteiger partial charge in [0, 0.05) is 11.1 Å². The molecule has 20 heavy (non-hydrogen) atoms. The van der Waals surface area contributed by atoms with E-state index in [0.717, 1.165) is 34.6 Å². The average Bonchev–Trinajstić information content (AvgIpc) is 2.43. The van der Waals surface area contributed by atoms with Crippen molar-refractivity contribution < 1.29 is 4.39 Å². The topological polar surface area (TPSA) is 38.0 Å². The summed E-state index contributed by atoms with van der Waals surface area (Å²) in [6.45, 7) is 1.90. The highest BCUT2D eigenvalue weighted by Gasteiger charge is 2.12. The minimum Gasteiger partial charge on any atom is -0.271 e. The van der Waals surface area contributed by atoms with Gasteiger partial charge in [0.05, 0.1) is 0 Å². The monoisotopic (exact) mass is 292 g/mol. The molecule has 1 unspecified atom stereocenters. The first-order valence-corrected chi connectivity index (χ1v) is 6.92. The Morgan fingerprint density at radius 2 is 1.85 bits per heavy atom. The van der Waals surface area contributed by atoms with Crippen molar-refractivity contribution in [2.45, 2.75) is 25.8 Å². The van der Waals surface area contributed by atoms with Crippen molar-refractivity contribution >= 4 is 11.6 Å². The van der Waals surface area contributed by atoms with Crippen molar-refractivity contribution in [1.29, 1.82) is 0 Å². The molecule has 0 aromatic heterocycles. The highest BCUT2D eigenvalue weighted by molar-refractivity contribution is 6.31. The fourth-order valence-electron chi connectivity index (χ4n) is 2.27. The van der Waals surface area contributed by atoms with Crippen molar-refractivity contribution in [3.8, 4) is 0 Å². The Balaban J connectivity index is 2.11. The minimum atomic E-state index is -0.213. The number of aryl methyl sites for hydroxylation is 1. The molecule has 0 spiro atoms. The number of nitrogens with one attached hydrogen (secondary N) is 1. The summed E-state index contributed by atoms with van der Waals surface area (Å²) in [5, 5.41) is 0.739. The summed E-state index contributed by atoms with van der Waals surface area (Å²) >= 11 is 6.16. The van der Waals surface area contributed by atoms with Gasteiger partial charge < -0.3 is 0 Å². The van der Waals surface area contributed by atoms with E-state index < -0.39 is 0 Å². The van der Waals surface area contributed by atoms with Crippen LogP contribution in [0.5, 0.6) is 0 Å². The van der Waals surface area contributed by atoms with Crippen molar-refractivity contribution in [1.82, 2.24) is 5.43 Å². The maximum Gasteiger partial charge on any atom is 0.123 e. The zero-order valence-electron chi connectivity index (χ0n) is 11.4. The van der Waals surface area contributed by atoms with Crippen LogP contribution in [0, 0.1) is 12.7 Å². The molecule has 0 aliphatic carbocycles. The summed E-state index contributed by atoms with van der Waals surface area (Å²) in [7, 11) is 0. The van der Waals surface area contributed by atoms with Gasteiger partial charge in [0.25, 0.3) is 0 Å². The molecule has 0 saturated carbocycles. The van der Waals surface area contributed by atoms with E-state index in [1.165, 1.54) is 6.07 Å². The van der Waals surface area contributed by atoms with E-state index in [9.17, 15) is 4.39 Å². The van der Waals surface area contributed by atoms with Gasteiger partial charge >= 0.3 is 0 Å². The van der Waals surface area contributed by atoms with E-state index in [2.05, 4.69) is 5.43 Å². The number of rotatable bonds is 5. The first-order chi connectivity index (χ1) is 9.60. The number of benzene rings is 2. The molecule has 0 heterocycles. The third-order valence-electron chi connectivity index (χ3n) is 3.43. The van der Waals surface area contributed by atoms with Gasteiger partial charge in [0.15, 0.2) is 0 Å². The van der Waals surface area contributed by atoms with Gasteiger partial charge in [-0.25, -0.2) is 4.39 Å². The summed E-state index contributed by atoms with van der Waals surface area (Å²) in [5.74, 6) is 5.42. The van der Waals surface area contributed by atoms with Crippen LogP contribution in [0.15, 0.2) is 42.5 Å². The predicted molar refractivity (Wildman–Crippen MR) is 81.1 cm³/mol. The molecule has 0 aliphatic rings. The minimum absolute atomic E-state index is 0.0547. The van der Waals surface area contributed by atoms with Crippen molar-refractivity contribution in [2.24, 2.45) is 5.84 Å². The zero-order chi connectivity index (χ0) is 14.5. The summed E-state index contributed by atoms with van der Waals surface area (Å²) < 4.78 is 13.1. The Hall–Kier alpha value is -1.42. The second-order valence-electron chi connectivity index (χ2n) is 4.93. The first kappa shape index (κ1) is 15.0. The Labute approximate surface area is 123 Å². The van der Waals surface area contributed by atoms with E-state index in [4.69, 9.17) is 17.4 Å². The standard InChI is InChI=1S/C16H18ClFN2/c1-11-8-14(18)7-6-12(11)9-15(20-19)10-13-4-2-3-5-16(13)17/h2-8,15,20H,9-10,19H2,1H3. The van der Waals surface area contributed by atoms with Gasteiger partial charge in [0.1, 0.15) is 5.82 Å². The zero-order valence-corrected chi connectivity index (χ0v) is 12.1. The SMILES string of the molecule is Cc1cc(F)ccc1CC(Cc1ccccc1Cl)NN. The van der Waals surface area contributed by atoms with E-state index in [-0.39, 0.29) is 11.9 Å². The number of hydrogen-bond donors (Lipinski definition) is 2. The fraction of sp³-hybridized carbons (Fsp3) is 0.250. The van der Waals surface area contributed by atoms with Crippen LogP contribution in [0.2, 0.25) is 5.02 Å². The van der Waals surface area contributed by atoms with Gasteiger partial charge in [-0.2, -0.15) is 0 Å². The van der Waals surface area contributed by atoms with E-state index >= 15 is 0 Å². The molecule has 4 heteroatoms. The summed E-state index contributed by atoms with van der Waals surface area (Å²) in [6, 6.07) is 12.6. The Bertz CT molecular complexity index is 586. The maximum atomic E-state index is 13.1. The Kier molecular flexibility index (Phi) is 5.12. The van der Waals surface area contributed by atoms with Crippen LogP contribution in [0.25, 0.3) is 0 Å². The van der Waals surface area contributed by atoms with Crippen molar-refractivity contribution in [3.05, 3.63) is 70.0 Å². The van der Waals surface area contributed by atoms with Gasteiger partial charge in [-0.3, -0.25) is 11.3 Å². The lowest BCUT2D eigenvalue weighted by Crippen LogP contribution is -2.38. The lowest BCUT2D eigenvalue weighted by molar-refractivity contribution is 0.521. The second kappa shape index (κ2) is 6.84. The normalized spacial score (nSPS) is 12.4. The van der Waals surface area contributed by atoms with Crippen LogP contribution in [-0.4, -0.2) is 6.04 Å². The molecule has 2 rings (SSSR count). The quantitative estimate of drug-likeness (QED) is 0.655. The molecule has 1 atom stereocenters. The largest absolute Gasteiger partial charge is 0.271 e. The molecule has 0 bridgehead atoms. The summed E-state index contributed by atoms with van der Waals surface area (Å²) in [5.41, 5.74) is 5.89. The van der Waals surface area contributed by atoms with Crippen LogP contribution in [-0.2, 0) is 12.8 Å². The van der Waals surface area contributed by atoms with Crippen LogP contribution < -0.4 is 11.3 Å². The maximum absolute atomic E-state index is 13.1. The van der Waals surface area contributed by atoms with Crippen molar-refractivity contribution in [2.75, 3.05) is 0 Å². The molecular weight excluding hydrogens is 275 g/mol. The highest BCUT2D eigenvalue weighted by atomic mass is 35.5. The number of hydrazine groups is 1. The van der Waals surface area contributed by atoms with Crippen LogP contribution >= 0.6 is 11.6 Å². The third kappa shape index (κ3) is 3.79. The summed E-state index contributed by atoms with van der Waals surface area (Å²) in [6.07, 6.45) is 1.46. The fourth-order valence-corrected chi connectivity index (χ4v) is 2.49. The van der Waals surface area contributed by atoms with Gasteiger partial charge in [0.2, 0.25) is 0 Å². The lowest BCUT2D eigenvalue weighted by Gasteiger charge is -2.18. The highest BCUT2D eigenvalue weighted by Crippen LogP contribution is 2.19. The Morgan fingerprint density at radius 1 is 1.15 bits per heavy atom. The lowest BCUT2D eigenvalue weighted by atomic mass is 9.96.